The first kappa shape index (κ1) is 19.8. The van der Waals surface area contributed by atoms with Crippen LogP contribution in [0.2, 0.25) is 0 Å². The maximum Gasteiger partial charge on any atom is 0.230 e. The van der Waals surface area contributed by atoms with E-state index in [4.69, 9.17) is 9.51 Å². The van der Waals surface area contributed by atoms with Crippen molar-refractivity contribution in [1.82, 2.24) is 29.7 Å². The van der Waals surface area contributed by atoms with Crippen molar-refractivity contribution in [2.75, 3.05) is 0 Å². The summed E-state index contributed by atoms with van der Waals surface area (Å²) in [5, 5.41) is 11.5. The van der Waals surface area contributed by atoms with Gasteiger partial charge in [-0.15, -0.1) is 0 Å². The lowest BCUT2D eigenvalue weighted by Gasteiger charge is -2.06. The first-order valence-corrected chi connectivity index (χ1v) is 11.4. The minimum absolute atomic E-state index is 0.248. The van der Waals surface area contributed by atoms with E-state index in [9.17, 15) is 4.39 Å². The fourth-order valence-corrected chi connectivity index (χ4v) is 4.67. The van der Waals surface area contributed by atoms with E-state index in [1.54, 1.807) is 24.5 Å². The van der Waals surface area contributed by atoms with E-state index >= 15 is 0 Å². The molecule has 1 fully saturated rings. The van der Waals surface area contributed by atoms with Crippen molar-refractivity contribution in [3.05, 3.63) is 103 Å². The number of halogens is 1. The minimum Gasteiger partial charge on any atom is -0.339 e. The van der Waals surface area contributed by atoms with Gasteiger partial charge in [0.1, 0.15) is 17.2 Å². The van der Waals surface area contributed by atoms with Crippen molar-refractivity contribution in [2.45, 2.75) is 18.3 Å². The van der Waals surface area contributed by atoms with Gasteiger partial charge in [-0.25, -0.2) is 9.37 Å². The maximum absolute atomic E-state index is 13.4. The van der Waals surface area contributed by atoms with E-state index < -0.39 is 0 Å². The topological polar surface area (TPSA) is 84.9 Å². The Labute approximate surface area is 199 Å². The van der Waals surface area contributed by atoms with Crippen LogP contribution in [0.1, 0.15) is 29.7 Å². The summed E-state index contributed by atoms with van der Waals surface area (Å²) in [6.45, 7) is 0. The predicted molar refractivity (Wildman–Crippen MR) is 128 cm³/mol. The monoisotopic (exact) mass is 462 g/mol. The van der Waals surface area contributed by atoms with Crippen molar-refractivity contribution in [1.29, 1.82) is 0 Å². The van der Waals surface area contributed by atoms with Gasteiger partial charge >= 0.3 is 0 Å². The number of aromatic amines is 1. The Hall–Kier alpha value is -4.59. The Morgan fingerprint density at radius 2 is 1.74 bits per heavy atom. The van der Waals surface area contributed by atoms with E-state index in [-0.39, 0.29) is 11.7 Å². The average Bonchev–Trinajstić information content (AvgIpc) is 3.24. The van der Waals surface area contributed by atoms with E-state index in [0.717, 1.165) is 40.1 Å². The number of pyridine rings is 1. The molecule has 1 aliphatic rings. The van der Waals surface area contributed by atoms with Crippen LogP contribution in [-0.4, -0.2) is 29.7 Å². The van der Waals surface area contributed by atoms with Gasteiger partial charge in [0.05, 0.1) is 18.1 Å². The molecule has 7 nitrogen and oxygen atoms in total. The third kappa shape index (κ3) is 3.42. The van der Waals surface area contributed by atoms with E-state index in [0.29, 0.717) is 17.6 Å². The van der Waals surface area contributed by atoms with E-state index in [1.807, 2.05) is 28.8 Å². The highest BCUT2D eigenvalue weighted by atomic mass is 19.1. The van der Waals surface area contributed by atoms with Gasteiger partial charge in [0.15, 0.2) is 0 Å². The Balaban J connectivity index is 1.22. The number of aromatic nitrogens is 6. The second-order valence-corrected chi connectivity index (χ2v) is 8.77. The number of benzene rings is 2. The van der Waals surface area contributed by atoms with Crippen LogP contribution < -0.4 is 0 Å². The summed E-state index contributed by atoms with van der Waals surface area (Å²) in [7, 11) is 0. The number of hydrogen-bond donors (Lipinski definition) is 1. The summed E-state index contributed by atoms with van der Waals surface area (Å²) in [5.74, 6) is 1.56. The van der Waals surface area contributed by atoms with Crippen LogP contribution >= 0.6 is 0 Å². The molecule has 0 spiro atoms. The maximum atomic E-state index is 13.4. The molecular weight excluding hydrogens is 443 g/mol. The molecule has 1 aliphatic carbocycles. The fourth-order valence-electron chi connectivity index (χ4n) is 4.67. The number of fused-ring (bicyclic) bond motifs is 1. The summed E-state index contributed by atoms with van der Waals surface area (Å²) in [4.78, 5) is 9.23. The SMILES string of the molecule is Fc1ccc(-c2[nH]ncc2-c2ccc3ncc(-c4noc([C@@H]5C[C@H]5c5ccccc5)n4)n3c2)cc1. The van der Waals surface area contributed by atoms with Crippen molar-refractivity contribution in [2.24, 2.45) is 0 Å². The van der Waals surface area contributed by atoms with Gasteiger partial charge in [-0.05, 0) is 54.3 Å². The second-order valence-electron chi connectivity index (χ2n) is 8.77. The molecule has 4 heterocycles. The van der Waals surface area contributed by atoms with Gasteiger partial charge in [-0.2, -0.15) is 10.1 Å². The molecule has 1 saturated carbocycles. The van der Waals surface area contributed by atoms with E-state index in [2.05, 4.69) is 44.6 Å². The van der Waals surface area contributed by atoms with Crippen molar-refractivity contribution in [3.8, 4) is 33.9 Å². The summed E-state index contributed by atoms with van der Waals surface area (Å²) in [6, 6.07) is 20.7. The smallest absolute Gasteiger partial charge is 0.230 e. The average molecular weight is 462 g/mol. The summed E-state index contributed by atoms with van der Waals surface area (Å²) in [5.41, 5.74) is 6.32. The highest BCUT2D eigenvalue weighted by Gasteiger charge is 2.43. The normalized spacial score (nSPS) is 17.2. The van der Waals surface area contributed by atoms with E-state index in [1.165, 1.54) is 17.7 Å². The zero-order valence-corrected chi connectivity index (χ0v) is 18.5. The molecule has 0 unspecified atom stereocenters. The Morgan fingerprint density at radius 1 is 0.914 bits per heavy atom. The van der Waals surface area contributed by atoms with Crippen molar-refractivity contribution >= 4 is 5.65 Å². The molecule has 2 atom stereocenters. The number of H-pyrrole nitrogens is 1. The lowest BCUT2D eigenvalue weighted by molar-refractivity contribution is 0.378. The number of rotatable bonds is 5. The lowest BCUT2D eigenvalue weighted by atomic mass is 10.0. The Morgan fingerprint density at radius 3 is 2.60 bits per heavy atom. The fraction of sp³-hybridized carbons (Fsp3) is 0.111. The van der Waals surface area contributed by atoms with Crippen LogP contribution in [0.25, 0.3) is 39.5 Å². The first-order valence-electron chi connectivity index (χ1n) is 11.4. The first-order chi connectivity index (χ1) is 17.2. The number of nitrogens with one attached hydrogen (secondary N) is 1. The molecular formula is C27H19FN6O. The quantitative estimate of drug-likeness (QED) is 0.347. The molecule has 0 aliphatic heterocycles. The molecule has 0 amide bonds. The van der Waals surface area contributed by atoms with Crippen LogP contribution in [0.4, 0.5) is 4.39 Å². The molecule has 35 heavy (non-hydrogen) atoms. The summed E-state index contributed by atoms with van der Waals surface area (Å²) in [6.07, 6.45) is 6.51. The van der Waals surface area contributed by atoms with Crippen LogP contribution in [0, 0.1) is 5.82 Å². The van der Waals surface area contributed by atoms with Gasteiger partial charge in [-0.1, -0.05) is 35.5 Å². The Kier molecular flexibility index (Phi) is 4.38. The molecule has 0 saturated heterocycles. The zero-order valence-electron chi connectivity index (χ0n) is 18.5. The molecule has 7 rings (SSSR count). The van der Waals surface area contributed by atoms with Gasteiger partial charge in [0.2, 0.25) is 11.7 Å². The number of imidazole rings is 1. The third-order valence-electron chi connectivity index (χ3n) is 6.60. The molecule has 170 valence electrons. The molecule has 2 aromatic carbocycles. The van der Waals surface area contributed by atoms with Crippen molar-refractivity contribution < 1.29 is 8.91 Å². The Bertz CT molecular complexity index is 1650. The van der Waals surface area contributed by atoms with Crippen LogP contribution in [0.5, 0.6) is 0 Å². The second kappa shape index (κ2) is 7.73. The van der Waals surface area contributed by atoms with Crippen LogP contribution in [0.3, 0.4) is 0 Å². The number of hydrogen-bond acceptors (Lipinski definition) is 5. The van der Waals surface area contributed by atoms with Gasteiger partial charge < -0.3 is 4.52 Å². The number of nitrogens with zero attached hydrogens (tertiary/aromatic N) is 5. The van der Waals surface area contributed by atoms with Gasteiger partial charge in [0, 0.05) is 28.8 Å². The third-order valence-corrected chi connectivity index (χ3v) is 6.60. The van der Waals surface area contributed by atoms with Crippen LogP contribution in [-0.2, 0) is 0 Å². The minimum atomic E-state index is -0.278. The molecule has 0 radical (unpaired) electrons. The van der Waals surface area contributed by atoms with Gasteiger partial charge in [-0.3, -0.25) is 9.50 Å². The molecule has 0 bridgehead atoms. The lowest BCUT2D eigenvalue weighted by Crippen LogP contribution is -1.92. The van der Waals surface area contributed by atoms with Gasteiger partial charge in [0.25, 0.3) is 0 Å². The molecule has 6 aromatic rings. The molecule has 1 N–H and O–H groups in total. The highest BCUT2D eigenvalue weighted by Crippen LogP contribution is 2.54. The summed E-state index contributed by atoms with van der Waals surface area (Å²) < 4.78 is 21.0. The molecule has 8 heteroatoms. The predicted octanol–water partition coefficient (Wildman–Crippen LogP) is 5.85. The van der Waals surface area contributed by atoms with Crippen molar-refractivity contribution in [3.63, 3.8) is 0 Å². The summed E-state index contributed by atoms with van der Waals surface area (Å²) >= 11 is 0. The standard InChI is InChI=1S/C27H19FN6O/c28-19-9-6-17(7-10-19)25-22(13-30-32-25)18-8-11-24-29-14-23(34(24)15-18)26-31-27(35-33-26)21-12-20(21)16-4-2-1-3-5-16/h1-11,13-15,20-21H,12H2,(H,30,32)/t20-,21+/m0/s1. The zero-order chi connectivity index (χ0) is 23.4. The molecule has 4 aromatic heterocycles. The highest BCUT2D eigenvalue weighted by molar-refractivity contribution is 5.80. The van der Waals surface area contributed by atoms with Crippen LogP contribution in [0.15, 0.2) is 89.8 Å². The largest absolute Gasteiger partial charge is 0.339 e.